The second-order valence-corrected chi connectivity index (χ2v) is 4.88. The molecule has 0 saturated heterocycles. The highest BCUT2D eigenvalue weighted by Crippen LogP contribution is 2.30. The van der Waals surface area contributed by atoms with Crippen molar-refractivity contribution < 1.29 is 4.74 Å². The third kappa shape index (κ3) is 2.62. The highest BCUT2D eigenvalue weighted by Gasteiger charge is 2.26. The van der Waals surface area contributed by atoms with Crippen LogP contribution in [0.1, 0.15) is 33.1 Å². The van der Waals surface area contributed by atoms with Gasteiger partial charge in [-0.15, -0.1) is 0 Å². The molecule has 4 nitrogen and oxygen atoms in total. The van der Waals surface area contributed by atoms with Gasteiger partial charge in [0.15, 0.2) is 0 Å². The molecule has 1 heterocycles. The van der Waals surface area contributed by atoms with Gasteiger partial charge < -0.3 is 9.72 Å². The third-order valence-corrected chi connectivity index (χ3v) is 3.09. The molecule has 1 aromatic rings. The molecule has 2 unspecified atom stereocenters. The Morgan fingerprint density at radius 1 is 1.31 bits per heavy atom. The smallest absolute Gasteiger partial charge is 0.310 e. The summed E-state index contributed by atoms with van der Waals surface area (Å²) in [5, 5.41) is 0. The number of rotatable bonds is 2. The van der Waals surface area contributed by atoms with Gasteiger partial charge in [0.25, 0.3) is 5.88 Å². The van der Waals surface area contributed by atoms with Gasteiger partial charge in [0.1, 0.15) is 6.10 Å². The molecule has 0 radical (unpaired) electrons. The summed E-state index contributed by atoms with van der Waals surface area (Å²) in [6.45, 7) is 4.46. The summed E-state index contributed by atoms with van der Waals surface area (Å²) in [4.78, 5) is 17.9. The maximum atomic E-state index is 11.4. The van der Waals surface area contributed by atoms with Gasteiger partial charge in [-0.05, 0) is 31.1 Å². The molecule has 4 heteroatoms. The van der Waals surface area contributed by atoms with Crippen LogP contribution in [0.25, 0.3) is 0 Å². The van der Waals surface area contributed by atoms with E-state index in [1.54, 1.807) is 6.20 Å². The van der Waals surface area contributed by atoms with E-state index < -0.39 is 0 Å². The minimum absolute atomic E-state index is 0.134. The molecular weight excluding hydrogens is 204 g/mol. The Bertz CT molecular complexity index is 392. The van der Waals surface area contributed by atoms with E-state index in [1.807, 2.05) is 0 Å². The fourth-order valence-corrected chi connectivity index (χ4v) is 2.55. The fraction of sp³-hybridized carbons (Fsp3) is 0.667. The first-order chi connectivity index (χ1) is 7.65. The second kappa shape index (κ2) is 4.68. The molecule has 16 heavy (non-hydrogen) atoms. The van der Waals surface area contributed by atoms with Crippen molar-refractivity contribution in [2.45, 2.75) is 39.2 Å². The van der Waals surface area contributed by atoms with Gasteiger partial charge >= 0.3 is 5.56 Å². The molecule has 1 aliphatic rings. The van der Waals surface area contributed by atoms with Gasteiger partial charge in [-0.25, -0.2) is 4.98 Å². The minimum Gasteiger partial charge on any atom is -0.470 e. The average Bonchev–Trinajstić information content (AvgIpc) is 2.20. The Hall–Kier alpha value is -1.32. The van der Waals surface area contributed by atoms with Gasteiger partial charge in [0, 0.05) is 12.4 Å². The van der Waals surface area contributed by atoms with Crippen molar-refractivity contribution in [1.82, 2.24) is 9.97 Å². The third-order valence-electron chi connectivity index (χ3n) is 3.09. The molecule has 0 aliphatic heterocycles. The second-order valence-electron chi connectivity index (χ2n) is 4.88. The molecule has 1 fully saturated rings. The topological polar surface area (TPSA) is 55.0 Å². The van der Waals surface area contributed by atoms with Crippen LogP contribution in [-0.4, -0.2) is 16.1 Å². The zero-order valence-corrected chi connectivity index (χ0v) is 9.77. The van der Waals surface area contributed by atoms with Gasteiger partial charge in [-0.1, -0.05) is 13.8 Å². The number of hydrogen-bond donors (Lipinski definition) is 1. The van der Waals surface area contributed by atoms with Crippen LogP contribution in [0.15, 0.2) is 17.2 Å². The summed E-state index contributed by atoms with van der Waals surface area (Å²) in [5.41, 5.74) is -0.242. The van der Waals surface area contributed by atoms with Gasteiger partial charge in [0.05, 0.1) is 0 Å². The number of aromatic amines is 1. The molecule has 1 aliphatic carbocycles. The maximum Gasteiger partial charge on any atom is 0.310 e. The largest absolute Gasteiger partial charge is 0.470 e. The Morgan fingerprint density at radius 2 is 2.00 bits per heavy atom. The molecular formula is C12H18N2O2. The van der Waals surface area contributed by atoms with E-state index >= 15 is 0 Å². The van der Waals surface area contributed by atoms with Gasteiger partial charge in [0.2, 0.25) is 0 Å². The van der Waals surface area contributed by atoms with E-state index in [0.29, 0.717) is 11.8 Å². The van der Waals surface area contributed by atoms with Crippen LogP contribution in [-0.2, 0) is 0 Å². The lowest BCUT2D eigenvalue weighted by Gasteiger charge is -2.30. The monoisotopic (exact) mass is 222 g/mol. The van der Waals surface area contributed by atoms with Crippen molar-refractivity contribution in [2.75, 3.05) is 0 Å². The minimum atomic E-state index is -0.242. The standard InChI is InChI=1S/C12H18N2O2/c1-8-5-9(2)7-10(6-8)16-12-11(15)13-3-4-14-12/h3-4,8-10H,5-7H2,1-2H3,(H,13,15). The van der Waals surface area contributed by atoms with E-state index in [9.17, 15) is 4.79 Å². The fourth-order valence-electron chi connectivity index (χ4n) is 2.55. The van der Waals surface area contributed by atoms with Crippen molar-refractivity contribution >= 4 is 0 Å². The van der Waals surface area contributed by atoms with E-state index in [4.69, 9.17) is 4.74 Å². The van der Waals surface area contributed by atoms with E-state index in [1.165, 1.54) is 12.6 Å². The Labute approximate surface area is 95.1 Å². The molecule has 0 aromatic carbocycles. The molecule has 1 saturated carbocycles. The van der Waals surface area contributed by atoms with Crippen molar-refractivity contribution in [2.24, 2.45) is 11.8 Å². The Kier molecular flexibility index (Phi) is 3.27. The Balaban J connectivity index is 2.04. The van der Waals surface area contributed by atoms with Gasteiger partial charge in [-0.3, -0.25) is 4.79 Å². The lowest BCUT2D eigenvalue weighted by molar-refractivity contribution is 0.0951. The summed E-state index contributed by atoms with van der Waals surface area (Å²) in [5.74, 6) is 1.53. The molecule has 0 spiro atoms. The van der Waals surface area contributed by atoms with Crippen LogP contribution >= 0.6 is 0 Å². The van der Waals surface area contributed by atoms with Crippen molar-refractivity contribution in [3.63, 3.8) is 0 Å². The van der Waals surface area contributed by atoms with Crippen molar-refractivity contribution in [3.05, 3.63) is 22.7 Å². The zero-order valence-electron chi connectivity index (χ0n) is 9.77. The molecule has 1 aromatic heterocycles. The van der Waals surface area contributed by atoms with Crippen LogP contribution in [0, 0.1) is 11.8 Å². The molecule has 1 N–H and O–H groups in total. The number of H-pyrrole nitrogens is 1. The van der Waals surface area contributed by atoms with E-state index in [0.717, 1.165) is 12.8 Å². The first kappa shape index (κ1) is 11.2. The summed E-state index contributed by atoms with van der Waals surface area (Å²) >= 11 is 0. The van der Waals surface area contributed by atoms with E-state index in [-0.39, 0.29) is 17.5 Å². The molecule has 0 bridgehead atoms. The number of nitrogens with zero attached hydrogens (tertiary/aromatic N) is 1. The number of hydrogen-bond acceptors (Lipinski definition) is 3. The number of ether oxygens (including phenoxy) is 1. The quantitative estimate of drug-likeness (QED) is 0.832. The number of aromatic nitrogens is 2. The maximum absolute atomic E-state index is 11.4. The summed E-state index contributed by atoms with van der Waals surface area (Å²) in [6.07, 6.45) is 6.47. The van der Waals surface area contributed by atoms with E-state index in [2.05, 4.69) is 23.8 Å². The first-order valence-corrected chi connectivity index (χ1v) is 5.85. The average molecular weight is 222 g/mol. The lowest BCUT2D eigenvalue weighted by Crippen LogP contribution is -2.30. The predicted octanol–water partition coefficient (Wildman–Crippen LogP) is 1.97. The molecule has 2 atom stereocenters. The molecule has 2 rings (SSSR count). The van der Waals surface area contributed by atoms with Gasteiger partial charge in [-0.2, -0.15) is 0 Å². The van der Waals surface area contributed by atoms with Crippen molar-refractivity contribution in [3.8, 4) is 5.88 Å². The number of nitrogens with one attached hydrogen (secondary N) is 1. The predicted molar refractivity (Wildman–Crippen MR) is 61.5 cm³/mol. The summed E-state index contributed by atoms with van der Waals surface area (Å²) < 4.78 is 5.67. The van der Waals surface area contributed by atoms with Crippen LogP contribution in [0.2, 0.25) is 0 Å². The van der Waals surface area contributed by atoms with Crippen LogP contribution in [0.4, 0.5) is 0 Å². The first-order valence-electron chi connectivity index (χ1n) is 5.85. The SMILES string of the molecule is CC1CC(C)CC(Oc2ncc[nH]c2=O)C1. The van der Waals surface area contributed by atoms with Crippen LogP contribution in [0.3, 0.4) is 0 Å². The van der Waals surface area contributed by atoms with Crippen molar-refractivity contribution in [1.29, 1.82) is 0 Å². The highest BCUT2D eigenvalue weighted by molar-refractivity contribution is 5.03. The molecule has 88 valence electrons. The zero-order chi connectivity index (χ0) is 11.5. The highest BCUT2D eigenvalue weighted by atomic mass is 16.5. The lowest BCUT2D eigenvalue weighted by atomic mass is 9.82. The summed E-state index contributed by atoms with van der Waals surface area (Å²) in [6, 6.07) is 0. The van der Waals surface area contributed by atoms with Crippen LogP contribution < -0.4 is 10.3 Å². The molecule has 0 amide bonds. The summed E-state index contributed by atoms with van der Waals surface area (Å²) in [7, 11) is 0. The Morgan fingerprint density at radius 3 is 2.62 bits per heavy atom. The normalized spacial score (nSPS) is 30.0. The van der Waals surface area contributed by atoms with Crippen LogP contribution in [0.5, 0.6) is 5.88 Å².